The first-order valence-corrected chi connectivity index (χ1v) is 9.48. The van der Waals surface area contributed by atoms with Crippen molar-refractivity contribution in [3.05, 3.63) is 77.2 Å². The molecule has 1 saturated heterocycles. The van der Waals surface area contributed by atoms with Crippen LogP contribution in [-0.2, 0) is 6.61 Å². The molecule has 1 atom stereocenters. The number of nitrogens with zero attached hydrogens (tertiary/aromatic N) is 3. The second-order valence-corrected chi connectivity index (χ2v) is 6.92. The number of likely N-dealkylation sites (tertiary alicyclic amines) is 1. The Bertz CT molecular complexity index is 1040. The van der Waals surface area contributed by atoms with Gasteiger partial charge in [0.25, 0.3) is 11.8 Å². The van der Waals surface area contributed by atoms with Crippen LogP contribution in [0, 0.1) is 17.5 Å². The first-order valence-electron chi connectivity index (χ1n) is 9.48. The van der Waals surface area contributed by atoms with E-state index in [1.165, 1.54) is 29.2 Å². The zero-order chi connectivity index (χ0) is 21.1. The Hall–Kier alpha value is -3.36. The Morgan fingerprint density at radius 2 is 1.87 bits per heavy atom. The molecule has 2 heterocycles. The van der Waals surface area contributed by atoms with Crippen molar-refractivity contribution in [1.82, 2.24) is 15.0 Å². The summed E-state index contributed by atoms with van der Waals surface area (Å²) in [6, 6.07) is 7.76. The molecule has 1 amide bonds. The van der Waals surface area contributed by atoms with Gasteiger partial charge in [0.05, 0.1) is 11.6 Å². The molecule has 1 aromatic heterocycles. The van der Waals surface area contributed by atoms with Crippen LogP contribution in [0.1, 0.15) is 47.4 Å². The minimum absolute atomic E-state index is 0.0299. The van der Waals surface area contributed by atoms with Gasteiger partial charge in [0.15, 0.2) is 12.4 Å². The Kier molecular flexibility index (Phi) is 5.69. The summed E-state index contributed by atoms with van der Waals surface area (Å²) in [5, 5.41) is 3.94. The molecule has 0 bridgehead atoms. The first kappa shape index (κ1) is 19.9. The molecule has 30 heavy (non-hydrogen) atoms. The van der Waals surface area contributed by atoms with E-state index in [9.17, 15) is 18.0 Å². The topological polar surface area (TPSA) is 68.5 Å². The predicted molar refractivity (Wildman–Crippen MR) is 99.0 cm³/mol. The third-order valence-electron chi connectivity index (χ3n) is 4.88. The lowest BCUT2D eigenvalue weighted by atomic mass is 10.00. The molecule has 0 spiro atoms. The largest absolute Gasteiger partial charge is 0.484 e. The highest BCUT2D eigenvalue weighted by Gasteiger charge is 2.33. The summed E-state index contributed by atoms with van der Waals surface area (Å²) in [6.45, 7) is 0.341. The van der Waals surface area contributed by atoms with Crippen LogP contribution in [0.4, 0.5) is 13.2 Å². The van der Waals surface area contributed by atoms with Gasteiger partial charge in [0.1, 0.15) is 23.2 Å². The van der Waals surface area contributed by atoms with Gasteiger partial charge in [-0.3, -0.25) is 4.79 Å². The number of amides is 1. The molecule has 2 aromatic carbocycles. The van der Waals surface area contributed by atoms with Crippen LogP contribution in [0.3, 0.4) is 0 Å². The standard InChI is InChI=1S/C21H18F3N3O3/c22-13-4-7-15(8-5-13)29-12-19-25-20(26-30-19)18-3-1-2-10-27(18)21(28)16-11-14(23)6-9-17(16)24/h4-9,11,18H,1-3,10,12H2. The number of halogens is 3. The third kappa shape index (κ3) is 4.29. The van der Waals surface area contributed by atoms with Crippen LogP contribution in [0.2, 0.25) is 0 Å². The highest BCUT2D eigenvalue weighted by atomic mass is 19.1. The molecule has 1 fully saturated rings. The van der Waals surface area contributed by atoms with Crippen LogP contribution >= 0.6 is 0 Å². The van der Waals surface area contributed by atoms with Gasteiger partial charge >= 0.3 is 0 Å². The van der Waals surface area contributed by atoms with Crippen LogP contribution in [-0.4, -0.2) is 27.5 Å². The van der Waals surface area contributed by atoms with Gasteiger partial charge in [-0.25, -0.2) is 13.2 Å². The molecule has 156 valence electrons. The quantitative estimate of drug-likeness (QED) is 0.614. The summed E-state index contributed by atoms with van der Waals surface area (Å²) in [6.07, 6.45) is 2.13. The lowest BCUT2D eigenvalue weighted by Gasteiger charge is -2.33. The molecule has 4 rings (SSSR count). The number of aromatic nitrogens is 2. The fourth-order valence-electron chi connectivity index (χ4n) is 3.40. The SMILES string of the molecule is O=C(c1cc(F)ccc1F)N1CCCCC1c1noc(COc2ccc(F)cc2)n1. The average Bonchev–Trinajstić information content (AvgIpc) is 3.23. The summed E-state index contributed by atoms with van der Waals surface area (Å²) in [5.41, 5.74) is -0.328. The van der Waals surface area contributed by atoms with Crippen molar-refractivity contribution in [2.24, 2.45) is 0 Å². The van der Waals surface area contributed by atoms with Gasteiger partial charge in [-0.05, 0) is 61.7 Å². The molecule has 0 aliphatic carbocycles. The number of piperidine rings is 1. The summed E-state index contributed by atoms with van der Waals surface area (Å²) < 4.78 is 51.3. The smallest absolute Gasteiger partial charge is 0.264 e. The van der Waals surface area contributed by atoms with Gasteiger partial charge in [0, 0.05) is 6.54 Å². The molecule has 1 unspecified atom stereocenters. The molecule has 9 heteroatoms. The van der Waals surface area contributed by atoms with E-state index in [0.717, 1.165) is 31.0 Å². The van der Waals surface area contributed by atoms with Crippen molar-refractivity contribution in [3.63, 3.8) is 0 Å². The van der Waals surface area contributed by atoms with Crippen LogP contribution < -0.4 is 4.74 Å². The number of hydrogen-bond acceptors (Lipinski definition) is 5. The molecule has 1 aliphatic rings. The van der Waals surface area contributed by atoms with Crippen molar-refractivity contribution in [2.45, 2.75) is 31.9 Å². The van der Waals surface area contributed by atoms with E-state index in [0.29, 0.717) is 18.7 Å². The van der Waals surface area contributed by atoms with Gasteiger partial charge in [-0.1, -0.05) is 5.16 Å². The molecule has 0 radical (unpaired) electrons. The second kappa shape index (κ2) is 8.56. The molecular weight excluding hydrogens is 399 g/mol. The predicted octanol–water partition coefficient (Wildman–Crippen LogP) is 4.43. The number of carbonyl (C=O) groups excluding carboxylic acids is 1. The summed E-state index contributed by atoms with van der Waals surface area (Å²) in [4.78, 5) is 18.6. The van der Waals surface area contributed by atoms with Crippen LogP contribution in [0.5, 0.6) is 5.75 Å². The average molecular weight is 417 g/mol. The summed E-state index contributed by atoms with van der Waals surface area (Å²) in [5.74, 6) is -1.57. The van der Waals surface area contributed by atoms with E-state index in [-0.39, 0.29) is 29.7 Å². The fourth-order valence-corrected chi connectivity index (χ4v) is 3.40. The first-order chi connectivity index (χ1) is 14.5. The highest BCUT2D eigenvalue weighted by molar-refractivity contribution is 5.94. The van der Waals surface area contributed by atoms with Crippen LogP contribution in [0.15, 0.2) is 47.0 Å². The third-order valence-corrected chi connectivity index (χ3v) is 4.88. The Labute approximate surface area is 170 Å². The Morgan fingerprint density at radius 3 is 2.67 bits per heavy atom. The van der Waals surface area contributed by atoms with Gasteiger partial charge in [-0.2, -0.15) is 4.98 Å². The van der Waals surface area contributed by atoms with E-state index in [4.69, 9.17) is 9.26 Å². The monoisotopic (exact) mass is 417 g/mol. The van der Waals surface area contributed by atoms with E-state index in [1.54, 1.807) is 0 Å². The number of rotatable bonds is 5. The maximum atomic E-state index is 14.1. The normalized spacial score (nSPS) is 16.5. The minimum Gasteiger partial charge on any atom is -0.484 e. The van der Waals surface area contributed by atoms with Crippen molar-refractivity contribution in [3.8, 4) is 5.75 Å². The Morgan fingerprint density at radius 1 is 1.10 bits per heavy atom. The van der Waals surface area contributed by atoms with E-state index in [2.05, 4.69) is 10.1 Å². The molecule has 0 N–H and O–H groups in total. The van der Waals surface area contributed by atoms with E-state index in [1.807, 2.05) is 0 Å². The number of benzene rings is 2. The maximum Gasteiger partial charge on any atom is 0.264 e. The van der Waals surface area contributed by atoms with Crippen LogP contribution in [0.25, 0.3) is 0 Å². The molecular formula is C21H18F3N3O3. The highest BCUT2D eigenvalue weighted by Crippen LogP contribution is 2.31. The maximum absolute atomic E-state index is 14.1. The van der Waals surface area contributed by atoms with Crippen molar-refractivity contribution in [2.75, 3.05) is 6.54 Å². The van der Waals surface area contributed by atoms with Gasteiger partial charge < -0.3 is 14.2 Å². The fraction of sp³-hybridized carbons (Fsp3) is 0.286. The van der Waals surface area contributed by atoms with Crippen molar-refractivity contribution >= 4 is 5.91 Å². The molecule has 1 aliphatic heterocycles. The number of ether oxygens (including phenoxy) is 1. The van der Waals surface area contributed by atoms with E-state index < -0.39 is 23.6 Å². The minimum atomic E-state index is -0.785. The zero-order valence-electron chi connectivity index (χ0n) is 15.9. The van der Waals surface area contributed by atoms with E-state index >= 15 is 0 Å². The van der Waals surface area contributed by atoms with Crippen molar-refractivity contribution in [1.29, 1.82) is 0 Å². The zero-order valence-corrected chi connectivity index (χ0v) is 15.9. The van der Waals surface area contributed by atoms with Gasteiger partial charge in [-0.15, -0.1) is 0 Å². The summed E-state index contributed by atoms with van der Waals surface area (Å²) >= 11 is 0. The molecule has 0 saturated carbocycles. The van der Waals surface area contributed by atoms with Crippen molar-refractivity contribution < 1.29 is 27.2 Å². The number of carbonyl (C=O) groups is 1. The second-order valence-electron chi connectivity index (χ2n) is 6.92. The molecule has 3 aromatic rings. The lowest BCUT2D eigenvalue weighted by Crippen LogP contribution is -2.39. The number of hydrogen-bond donors (Lipinski definition) is 0. The molecule has 6 nitrogen and oxygen atoms in total. The summed E-state index contributed by atoms with van der Waals surface area (Å²) in [7, 11) is 0. The lowest BCUT2D eigenvalue weighted by molar-refractivity contribution is 0.0591. The van der Waals surface area contributed by atoms with Gasteiger partial charge in [0.2, 0.25) is 0 Å². The Balaban J connectivity index is 1.49.